The van der Waals surface area contributed by atoms with Crippen molar-refractivity contribution in [1.82, 2.24) is 10.2 Å². The smallest absolute Gasteiger partial charge is 0.251 e. The van der Waals surface area contributed by atoms with Crippen LogP contribution in [0.25, 0.3) is 10.8 Å². The second-order valence-electron chi connectivity index (χ2n) is 7.62. The molecule has 1 aliphatic heterocycles. The summed E-state index contributed by atoms with van der Waals surface area (Å²) in [6, 6.07) is 19.5. The molecule has 0 bridgehead atoms. The average molecular weight is 390 g/mol. The van der Waals surface area contributed by atoms with Crippen LogP contribution in [-0.2, 0) is 6.54 Å². The van der Waals surface area contributed by atoms with E-state index in [1.807, 2.05) is 48.5 Å². The number of rotatable bonds is 5. The Morgan fingerprint density at radius 3 is 2.76 bits per heavy atom. The molecule has 5 heteroatoms. The second kappa shape index (κ2) is 8.53. The second-order valence-corrected chi connectivity index (χ2v) is 7.62. The van der Waals surface area contributed by atoms with Gasteiger partial charge in [-0.05, 0) is 60.0 Å². The highest BCUT2D eigenvalue weighted by Gasteiger charge is 2.22. The minimum atomic E-state index is -0.0234. The number of carbonyl (C=O) groups excluding carboxylic acids is 1. The number of ether oxygens (including phenoxy) is 1. The Bertz CT molecular complexity index is 1020. The van der Waals surface area contributed by atoms with Gasteiger partial charge >= 0.3 is 0 Å². The summed E-state index contributed by atoms with van der Waals surface area (Å²) in [4.78, 5) is 15.1. The van der Waals surface area contributed by atoms with Gasteiger partial charge in [0.2, 0.25) is 0 Å². The Morgan fingerprint density at radius 1 is 1.14 bits per heavy atom. The van der Waals surface area contributed by atoms with Gasteiger partial charge in [-0.3, -0.25) is 9.69 Å². The van der Waals surface area contributed by atoms with Gasteiger partial charge in [-0.25, -0.2) is 0 Å². The summed E-state index contributed by atoms with van der Waals surface area (Å²) in [5.41, 5.74) is 1.73. The van der Waals surface area contributed by atoms with Crippen LogP contribution in [0.1, 0.15) is 28.8 Å². The fourth-order valence-corrected chi connectivity index (χ4v) is 4.01. The first-order valence-electron chi connectivity index (χ1n) is 10.0. The lowest BCUT2D eigenvalue weighted by molar-refractivity contribution is 0.0901. The highest BCUT2D eigenvalue weighted by molar-refractivity contribution is 5.98. The minimum absolute atomic E-state index is 0.0234. The van der Waals surface area contributed by atoms with E-state index in [2.05, 4.69) is 10.2 Å². The Morgan fingerprint density at radius 2 is 1.97 bits per heavy atom. The van der Waals surface area contributed by atoms with Crippen molar-refractivity contribution >= 4 is 16.7 Å². The van der Waals surface area contributed by atoms with Crippen LogP contribution in [0.5, 0.6) is 11.5 Å². The molecular formula is C24H26N2O3. The van der Waals surface area contributed by atoms with Crippen molar-refractivity contribution < 1.29 is 14.6 Å². The van der Waals surface area contributed by atoms with E-state index in [1.165, 1.54) is 0 Å². The number of carbonyl (C=O) groups is 1. The highest BCUT2D eigenvalue weighted by Crippen LogP contribution is 2.27. The van der Waals surface area contributed by atoms with Crippen molar-refractivity contribution in [3.8, 4) is 11.5 Å². The monoisotopic (exact) mass is 390 g/mol. The molecule has 1 amide bonds. The van der Waals surface area contributed by atoms with E-state index in [-0.39, 0.29) is 17.7 Å². The fourth-order valence-electron chi connectivity index (χ4n) is 4.01. The number of methoxy groups -OCH3 is 1. The fraction of sp³-hybridized carbons (Fsp3) is 0.292. The first-order chi connectivity index (χ1) is 14.1. The number of nitrogens with one attached hydrogen (secondary N) is 1. The Kier molecular flexibility index (Phi) is 5.67. The molecule has 4 rings (SSSR count). The van der Waals surface area contributed by atoms with E-state index in [4.69, 9.17) is 4.74 Å². The number of piperidine rings is 1. The van der Waals surface area contributed by atoms with Crippen LogP contribution in [0.15, 0.2) is 60.7 Å². The zero-order valence-corrected chi connectivity index (χ0v) is 16.6. The van der Waals surface area contributed by atoms with E-state index in [9.17, 15) is 9.90 Å². The molecule has 1 fully saturated rings. The van der Waals surface area contributed by atoms with Crippen LogP contribution in [0.3, 0.4) is 0 Å². The standard InChI is InChI=1S/C24H26N2O3/c1-29-23-11-8-17(13-22(23)27)15-26-12-4-7-21(16-26)25-24(28)20-10-9-18-5-2-3-6-19(18)14-20/h2-3,5-6,8-11,13-14,21,27H,4,7,12,15-16H2,1H3,(H,25,28). The molecule has 0 saturated carbocycles. The van der Waals surface area contributed by atoms with Gasteiger partial charge in [-0.2, -0.15) is 0 Å². The van der Waals surface area contributed by atoms with E-state index < -0.39 is 0 Å². The van der Waals surface area contributed by atoms with Crippen molar-refractivity contribution in [2.24, 2.45) is 0 Å². The predicted octanol–water partition coefficient (Wildman–Crippen LogP) is 3.95. The topological polar surface area (TPSA) is 61.8 Å². The van der Waals surface area contributed by atoms with Crippen LogP contribution < -0.4 is 10.1 Å². The number of nitrogens with zero attached hydrogens (tertiary/aromatic N) is 1. The van der Waals surface area contributed by atoms with Gasteiger partial charge in [-0.1, -0.05) is 36.4 Å². The summed E-state index contributed by atoms with van der Waals surface area (Å²) in [5, 5.41) is 15.4. The SMILES string of the molecule is COc1ccc(CN2CCCC(NC(=O)c3ccc4ccccc4c3)C2)cc1O. The molecule has 1 heterocycles. The summed E-state index contributed by atoms with van der Waals surface area (Å²) in [6.45, 7) is 2.52. The van der Waals surface area contributed by atoms with E-state index in [0.717, 1.165) is 48.8 Å². The van der Waals surface area contributed by atoms with Crippen molar-refractivity contribution in [3.63, 3.8) is 0 Å². The predicted molar refractivity (Wildman–Crippen MR) is 114 cm³/mol. The van der Waals surface area contributed by atoms with Gasteiger partial charge in [0, 0.05) is 24.7 Å². The summed E-state index contributed by atoms with van der Waals surface area (Å²) in [7, 11) is 1.54. The largest absolute Gasteiger partial charge is 0.504 e. The molecule has 0 spiro atoms. The molecule has 0 aromatic heterocycles. The first kappa shape index (κ1) is 19.3. The van der Waals surface area contributed by atoms with Gasteiger partial charge < -0.3 is 15.2 Å². The molecule has 3 aromatic rings. The molecule has 29 heavy (non-hydrogen) atoms. The number of likely N-dealkylation sites (tertiary alicyclic amines) is 1. The molecule has 1 atom stereocenters. The van der Waals surface area contributed by atoms with E-state index in [0.29, 0.717) is 11.3 Å². The molecule has 0 aliphatic carbocycles. The number of aromatic hydroxyl groups is 1. The molecular weight excluding hydrogens is 364 g/mol. The molecule has 1 aliphatic rings. The lowest BCUT2D eigenvalue weighted by Gasteiger charge is -2.33. The molecule has 1 saturated heterocycles. The van der Waals surface area contributed by atoms with Crippen LogP contribution in [0, 0.1) is 0 Å². The molecule has 3 aromatic carbocycles. The third kappa shape index (κ3) is 4.51. The summed E-state index contributed by atoms with van der Waals surface area (Å²) in [6.07, 6.45) is 2.01. The maximum atomic E-state index is 12.8. The maximum Gasteiger partial charge on any atom is 0.251 e. The maximum absolute atomic E-state index is 12.8. The number of hydrogen-bond acceptors (Lipinski definition) is 4. The number of amides is 1. The highest BCUT2D eigenvalue weighted by atomic mass is 16.5. The van der Waals surface area contributed by atoms with Crippen LogP contribution >= 0.6 is 0 Å². The third-order valence-electron chi connectivity index (χ3n) is 5.50. The lowest BCUT2D eigenvalue weighted by atomic mass is 10.0. The zero-order chi connectivity index (χ0) is 20.2. The van der Waals surface area contributed by atoms with Crippen molar-refractivity contribution in [3.05, 3.63) is 71.8 Å². The lowest BCUT2D eigenvalue weighted by Crippen LogP contribution is -2.47. The van der Waals surface area contributed by atoms with E-state index in [1.54, 1.807) is 19.2 Å². The number of fused-ring (bicyclic) bond motifs is 1. The Labute approximate surface area is 170 Å². The van der Waals surface area contributed by atoms with E-state index >= 15 is 0 Å². The number of hydrogen-bond donors (Lipinski definition) is 2. The Hall–Kier alpha value is -3.05. The molecule has 2 N–H and O–H groups in total. The molecule has 0 radical (unpaired) electrons. The summed E-state index contributed by atoms with van der Waals surface area (Å²) < 4.78 is 5.11. The zero-order valence-electron chi connectivity index (χ0n) is 16.6. The summed E-state index contributed by atoms with van der Waals surface area (Å²) >= 11 is 0. The van der Waals surface area contributed by atoms with Gasteiger partial charge in [0.25, 0.3) is 5.91 Å². The van der Waals surface area contributed by atoms with Crippen LogP contribution in [0.4, 0.5) is 0 Å². The van der Waals surface area contributed by atoms with Gasteiger partial charge in [0.1, 0.15) is 0 Å². The first-order valence-corrected chi connectivity index (χ1v) is 10.0. The minimum Gasteiger partial charge on any atom is -0.504 e. The van der Waals surface area contributed by atoms with Crippen molar-refractivity contribution in [2.45, 2.75) is 25.4 Å². The number of benzene rings is 3. The normalized spacial score (nSPS) is 17.2. The molecule has 5 nitrogen and oxygen atoms in total. The molecule has 1 unspecified atom stereocenters. The Balaban J connectivity index is 1.38. The van der Waals surface area contributed by atoms with Crippen LogP contribution in [0.2, 0.25) is 0 Å². The quantitative estimate of drug-likeness (QED) is 0.693. The average Bonchev–Trinajstić information content (AvgIpc) is 2.74. The third-order valence-corrected chi connectivity index (χ3v) is 5.50. The van der Waals surface area contributed by atoms with Crippen LogP contribution in [-0.4, -0.2) is 42.2 Å². The van der Waals surface area contributed by atoms with Crippen molar-refractivity contribution in [2.75, 3.05) is 20.2 Å². The molecule has 150 valence electrons. The van der Waals surface area contributed by atoms with Gasteiger partial charge in [0.05, 0.1) is 7.11 Å². The summed E-state index contributed by atoms with van der Waals surface area (Å²) in [5.74, 6) is 0.612. The number of phenols is 1. The number of phenolic OH excluding ortho intramolecular Hbond substituents is 1. The van der Waals surface area contributed by atoms with Gasteiger partial charge in [-0.15, -0.1) is 0 Å². The van der Waals surface area contributed by atoms with Crippen molar-refractivity contribution in [1.29, 1.82) is 0 Å². The van der Waals surface area contributed by atoms with Gasteiger partial charge in [0.15, 0.2) is 11.5 Å².